The first-order valence-corrected chi connectivity index (χ1v) is 7.73. The molecule has 0 radical (unpaired) electrons. The number of fused-ring (bicyclic) bond motifs is 1. The molecule has 0 aliphatic carbocycles. The van der Waals surface area contributed by atoms with Crippen LogP contribution in [0.25, 0.3) is 5.70 Å². The van der Waals surface area contributed by atoms with Crippen LogP contribution < -0.4 is 10.6 Å². The highest BCUT2D eigenvalue weighted by atomic mass is 79.9. The van der Waals surface area contributed by atoms with Gasteiger partial charge in [-0.05, 0) is 48.8 Å². The lowest BCUT2D eigenvalue weighted by atomic mass is 9.99. The lowest BCUT2D eigenvalue weighted by Gasteiger charge is -2.36. The van der Waals surface area contributed by atoms with Crippen LogP contribution in [0.15, 0.2) is 33.3 Å². The molecule has 2 heterocycles. The number of para-hydroxylation sites is 1. The van der Waals surface area contributed by atoms with Crippen LogP contribution in [0, 0.1) is 13.8 Å². The van der Waals surface area contributed by atoms with Crippen LogP contribution in [-0.2, 0) is 6.54 Å². The molecule has 0 spiro atoms. The predicted molar refractivity (Wildman–Crippen MR) is 87.9 cm³/mol. The smallest absolute Gasteiger partial charge is 0.138 e. The maximum Gasteiger partial charge on any atom is 0.138 e. The number of benzene rings is 1. The summed E-state index contributed by atoms with van der Waals surface area (Å²) < 4.78 is 6.33. The first-order chi connectivity index (χ1) is 9.99. The topological polar surface area (TPSA) is 55.3 Å². The van der Waals surface area contributed by atoms with Crippen LogP contribution in [-0.4, -0.2) is 11.2 Å². The summed E-state index contributed by atoms with van der Waals surface area (Å²) in [7, 11) is 0. The minimum atomic E-state index is 0.213. The first kappa shape index (κ1) is 14.2. The maximum atomic E-state index is 6.18. The maximum absolute atomic E-state index is 6.18. The predicted octanol–water partition coefficient (Wildman–Crippen LogP) is 3.76. The molecule has 0 amide bonds. The summed E-state index contributed by atoms with van der Waals surface area (Å²) in [5.41, 5.74) is 11.3. The molecule has 1 aromatic heterocycles. The Morgan fingerprint density at radius 3 is 2.81 bits per heavy atom. The number of nitrogens with zero attached hydrogens (tertiary/aromatic N) is 2. The van der Waals surface area contributed by atoms with Gasteiger partial charge in [0.2, 0.25) is 0 Å². The highest BCUT2D eigenvalue weighted by molar-refractivity contribution is 9.10. The third kappa shape index (κ3) is 2.35. The highest BCUT2D eigenvalue weighted by Crippen LogP contribution is 2.39. The van der Waals surface area contributed by atoms with Gasteiger partial charge in [0.25, 0.3) is 0 Å². The summed E-state index contributed by atoms with van der Waals surface area (Å²) >= 11 is 3.66. The van der Waals surface area contributed by atoms with Gasteiger partial charge in [0.05, 0.1) is 11.4 Å². The molecule has 4 nitrogen and oxygen atoms in total. The van der Waals surface area contributed by atoms with Gasteiger partial charge in [0.15, 0.2) is 0 Å². The monoisotopic (exact) mass is 347 g/mol. The van der Waals surface area contributed by atoms with E-state index in [2.05, 4.69) is 45.1 Å². The zero-order valence-corrected chi connectivity index (χ0v) is 13.9. The lowest BCUT2D eigenvalue weighted by molar-refractivity contribution is 0.392. The molecule has 1 unspecified atom stereocenters. The second-order valence-corrected chi connectivity index (χ2v) is 6.28. The molecule has 1 aliphatic rings. The van der Waals surface area contributed by atoms with Gasteiger partial charge < -0.3 is 15.2 Å². The Morgan fingerprint density at radius 1 is 1.38 bits per heavy atom. The van der Waals surface area contributed by atoms with Crippen LogP contribution in [0.4, 0.5) is 5.69 Å². The lowest BCUT2D eigenvalue weighted by Crippen LogP contribution is -2.36. The highest BCUT2D eigenvalue weighted by Gasteiger charge is 2.26. The zero-order valence-electron chi connectivity index (χ0n) is 12.4. The molecule has 1 aromatic carbocycles. The van der Waals surface area contributed by atoms with E-state index in [-0.39, 0.29) is 6.04 Å². The van der Waals surface area contributed by atoms with Gasteiger partial charge in [-0.3, -0.25) is 0 Å². The largest absolute Gasteiger partial charge is 0.398 e. The van der Waals surface area contributed by atoms with E-state index < -0.39 is 0 Å². The Balaban J connectivity index is 2.08. The third-order valence-electron chi connectivity index (χ3n) is 4.01. The van der Waals surface area contributed by atoms with E-state index in [1.54, 1.807) is 0 Å². The number of hydrogen-bond donors (Lipinski definition) is 1. The molecule has 5 heteroatoms. The fourth-order valence-electron chi connectivity index (χ4n) is 2.80. The molecular formula is C16H18BrN3O. The van der Waals surface area contributed by atoms with Crippen molar-refractivity contribution in [2.45, 2.75) is 33.4 Å². The fraction of sp³-hybridized carbons (Fsp3) is 0.312. The SMILES string of the molecule is Cc1noc(C)c1CN1c2c(Br)cccc2C(N)=CC1C. The Kier molecular flexibility index (Phi) is 3.53. The van der Waals surface area contributed by atoms with E-state index in [0.717, 1.165) is 45.0 Å². The summed E-state index contributed by atoms with van der Waals surface area (Å²) in [5, 5.41) is 4.05. The Labute approximate surface area is 132 Å². The van der Waals surface area contributed by atoms with Gasteiger partial charge in [-0.2, -0.15) is 0 Å². The van der Waals surface area contributed by atoms with Crippen molar-refractivity contribution in [1.29, 1.82) is 0 Å². The van der Waals surface area contributed by atoms with Gasteiger partial charge in [-0.1, -0.05) is 17.3 Å². The molecule has 0 bridgehead atoms. The zero-order chi connectivity index (χ0) is 15.1. The van der Waals surface area contributed by atoms with Crippen LogP contribution in [0.3, 0.4) is 0 Å². The summed E-state index contributed by atoms with van der Waals surface area (Å²) in [6, 6.07) is 6.32. The minimum absolute atomic E-state index is 0.213. The molecule has 3 rings (SSSR count). The number of hydrogen-bond acceptors (Lipinski definition) is 4. The van der Waals surface area contributed by atoms with E-state index >= 15 is 0 Å². The minimum Gasteiger partial charge on any atom is -0.398 e. The Hall–Kier alpha value is -1.75. The molecule has 21 heavy (non-hydrogen) atoms. The van der Waals surface area contributed by atoms with Crippen LogP contribution in [0.2, 0.25) is 0 Å². The summed E-state index contributed by atoms with van der Waals surface area (Å²) in [6.07, 6.45) is 2.09. The summed E-state index contributed by atoms with van der Waals surface area (Å²) in [5.74, 6) is 0.871. The van der Waals surface area contributed by atoms with Crippen molar-refractivity contribution in [3.63, 3.8) is 0 Å². The van der Waals surface area contributed by atoms with E-state index in [1.165, 1.54) is 0 Å². The van der Waals surface area contributed by atoms with Gasteiger partial charge in [0, 0.05) is 33.9 Å². The van der Waals surface area contributed by atoms with Gasteiger partial charge >= 0.3 is 0 Å². The molecule has 0 fully saturated rings. The molecular weight excluding hydrogens is 330 g/mol. The quantitative estimate of drug-likeness (QED) is 0.898. The standard InChI is InChI=1S/C16H18BrN3O/c1-9-7-15(18)12-5-4-6-14(17)16(12)20(9)8-13-10(2)19-21-11(13)3/h4-7,9H,8,18H2,1-3H3. The van der Waals surface area contributed by atoms with Crippen molar-refractivity contribution < 1.29 is 4.52 Å². The van der Waals surface area contributed by atoms with Gasteiger partial charge in [-0.25, -0.2) is 0 Å². The van der Waals surface area contributed by atoms with E-state index in [4.69, 9.17) is 10.3 Å². The molecule has 1 aliphatic heterocycles. The van der Waals surface area contributed by atoms with Crippen LogP contribution in [0.5, 0.6) is 0 Å². The van der Waals surface area contributed by atoms with Gasteiger partial charge in [0.1, 0.15) is 5.76 Å². The average molecular weight is 348 g/mol. The normalized spacial score (nSPS) is 17.6. The molecule has 0 saturated carbocycles. The molecule has 110 valence electrons. The second-order valence-electron chi connectivity index (χ2n) is 5.43. The van der Waals surface area contributed by atoms with Crippen molar-refractivity contribution in [3.8, 4) is 0 Å². The summed E-state index contributed by atoms with van der Waals surface area (Å²) in [4.78, 5) is 2.32. The number of nitrogens with two attached hydrogens (primary N) is 1. The van der Waals surface area contributed by atoms with Crippen LogP contribution in [0.1, 0.15) is 29.5 Å². The second kappa shape index (κ2) is 5.22. The van der Waals surface area contributed by atoms with Gasteiger partial charge in [-0.15, -0.1) is 0 Å². The van der Waals surface area contributed by atoms with Crippen molar-refractivity contribution in [2.24, 2.45) is 5.73 Å². The number of aromatic nitrogens is 1. The van der Waals surface area contributed by atoms with Crippen molar-refractivity contribution in [1.82, 2.24) is 5.16 Å². The number of rotatable bonds is 2. The van der Waals surface area contributed by atoms with Crippen molar-refractivity contribution in [3.05, 3.63) is 51.3 Å². The van der Waals surface area contributed by atoms with Crippen LogP contribution >= 0.6 is 15.9 Å². The fourth-order valence-corrected chi connectivity index (χ4v) is 3.40. The average Bonchev–Trinajstić information content (AvgIpc) is 2.75. The van der Waals surface area contributed by atoms with E-state index in [0.29, 0.717) is 0 Å². The third-order valence-corrected chi connectivity index (χ3v) is 4.65. The Morgan fingerprint density at radius 2 is 2.14 bits per heavy atom. The number of anilines is 1. The van der Waals surface area contributed by atoms with Crippen molar-refractivity contribution >= 4 is 27.3 Å². The summed E-state index contributed by atoms with van der Waals surface area (Å²) in [6.45, 7) is 6.83. The first-order valence-electron chi connectivity index (χ1n) is 6.93. The van der Waals surface area contributed by atoms with Crippen molar-refractivity contribution in [2.75, 3.05) is 4.90 Å². The van der Waals surface area contributed by atoms with E-state index in [9.17, 15) is 0 Å². The number of halogens is 1. The molecule has 0 saturated heterocycles. The Bertz CT molecular complexity index is 701. The van der Waals surface area contributed by atoms with E-state index in [1.807, 2.05) is 26.0 Å². The number of aryl methyl sites for hydroxylation is 2. The molecule has 2 N–H and O–H groups in total. The molecule has 2 aromatic rings. The molecule has 1 atom stereocenters.